The van der Waals surface area contributed by atoms with Crippen LogP contribution in [0.1, 0.15) is 290 Å². The Labute approximate surface area is 403 Å². The lowest BCUT2D eigenvalue weighted by molar-refractivity contribution is -0.167. The highest BCUT2D eigenvalue weighted by Gasteiger charge is 2.19. The Morgan fingerprint density at radius 2 is 0.554 bits per heavy atom. The van der Waals surface area contributed by atoms with Crippen LogP contribution < -0.4 is 0 Å². The van der Waals surface area contributed by atoms with Crippen molar-refractivity contribution in [2.24, 2.45) is 0 Å². The standard InChI is InChI=1S/C59H106O6/c1-4-7-10-13-16-19-22-25-28-29-32-34-37-40-43-46-49-52-58(61)64-55-56(65-59(62)53-50-47-44-41-38-35-31-27-24-21-18-15-12-9-6-3)54-63-57(60)51-48-45-42-39-36-33-30-26-23-20-17-14-11-8-5-2/h10,13,21-22,24-25,35,38,56H,4-9,11-12,14-20,23,26-34,36-37,39-55H2,1-3H3/b13-10+,24-21+,25-22+,38-35+. The average Bonchev–Trinajstić information content (AvgIpc) is 3.30. The molecule has 1 unspecified atom stereocenters. The van der Waals surface area contributed by atoms with Crippen LogP contribution in [0, 0.1) is 0 Å². The molecular weight excluding hydrogens is 805 g/mol. The van der Waals surface area contributed by atoms with E-state index in [1.807, 2.05) is 0 Å². The number of allylic oxidation sites excluding steroid dienone is 8. The Morgan fingerprint density at radius 3 is 0.908 bits per heavy atom. The van der Waals surface area contributed by atoms with Gasteiger partial charge in [0.2, 0.25) is 0 Å². The maximum atomic E-state index is 12.8. The fourth-order valence-electron chi connectivity index (χ4n) is 8.00. The van der Waals surface area contributed by atoms with Crippen molar-refractivity contribution in [3.8, 4) is 0 Å². The van der Waals surface area contributed by atoms with Gasteiger partial charge in [-0.3, -0.25) is 14.4 Å². The molecule has 0 saturated heterocycles. The van der Waals surface area contributed by atoms with Crippen LogP contribution in [0.2, 0.25) is 0 Å². The first-order valence-corrected chi connectivity index (χ1v) is 28.1. The summed E-state index contributed by atoms with van der Waals surface area (Å²) in [4.78, 5) is 38.1. The molecule has 0 N–H and O–H groups in total. The Kier molecular flexibility index (Phi) is 51.8. The SMILES string of the molecule is CCC/C=C/CC/C=C/CCCCCCCCCCC(=O)OCC(COC(=O)CCCCCCCCCCCCCCCCC)OC(=O)CCCCC/C=C/CC/C=C/CCCCCC. The van der Waals surface area contributed by atoms with Gasteiger partial charge in [0, 0.05) is 19.3 Å². The van der Waals surface area contributed by atoms with Gasteiger partial charge < -0.3 is 14.2 Å². The number of unbranched alkanes of at least 4 members (excludes halogenated alkanes) is 32. The van der Waals surface area contributed by atoms with Crippen LogP contribution in [-0.4, -0.2) is 37.2 Å². The Morgan fingerprint density at radius 1 is 0.292 bits per heavy atom. The third kappa shape index (κ3) is 52.2. The molecule has 65 heavy (non-hydrogen) atoms. The third-order valence-electron chi connectivity index (χ3n) is 12.2. The number of rotatable bonds is 51. The van der Waals surface area contributed by atoms with Gasteiger partial charge in [0.1, 0.15) is 13.2 Å². The molecule has 6 nitrogen and oxygen atoms in total. The first kappa shape index (κ1) is 62.4. The van der Waals surface area contributed by atoms with Gasteiger partial charge in [-0.1, -0.05) is 230 Å². The van der Waals surface area contributed by atoms with E-state index in [1.54, 1.807) is 0 Å². The summed E-state index contributed by atoms with van der Waals surface area (Å²) in [7, 11) is 0. The van der Waals surface area contributed by atoms with Crippen molar-refractivity contribution in [2.45, 2.75) is 297 Å². The van der Waals surface area contributed by atoms with Crippen LogP contribution in [-0.2, 0) is 28.6 Å². The van der Waals surface area contributed by atoms with Gasteiger partial charge in [-0.05, 0) is 89.9 Å². The molecule has 0 bridgehead atoms. The molecule has 0 amide bonds. The molecule has 378 valence electrons. The zero-order valence-electron chi connectivity index (χ0n) is 43.3. The Bertz CT molecular complexity index is 1140. The highest BCUT2D eigenvalue weighted by Crippen LogP contribution is 2.16. The molecule has 0 fully saturated rings. The van der Waals surface area contributed by atoms with Gasteiger partial charge in [0.05, 0.1) is 0 Å². The summed E-state index contributed by atoms with van der Waals surface area (Å²) < 4.78 is 16.8. The molecule has 0 rings (SSSR count). The van der Waals surface area contributed by atoms with Crippen molar-refractivity contribution in [3.05, 3.63) is 48.6 Å². The van der Waals surface area contributed by atoms with E-state index in [9.17, 15) is 14.4 Å². The number of hydrogen-bond acceptors (Lipinski definition) is 6. The molecule has 0 aliphatic heterocycles. The number of ether oxygens (including phenoxy) is 3. The van der Waals surface area contributed by atoms with Gasteiger partial charge in [0.25, 0.3) is 0 Å². The average molecular weight is 911 g/mol. The summed E-state index contributed by atoms with van der Waals surface area (Å²) in [5, 5.41) is 0. The van der Waals surface area contributed by atoms with Crippen LogP contribution in [0.25, 0.3) is 0 Å². The van der Waals surface area contributed by atoms with Crippen molar-refractivity contribution < 1.29 is 28.6 Å². The topological polar surface area (TPSA) is 78.9 Å². The smallest absolute Gasteiger partial charge is 0.306 e. The fourth-order valence-corrected chi connectivity index (χ4v) is 8.00. The van der Waals surface area contributed by atoms with Crippen molar-refractivity contribution in [1.82, 2.24) is 0 Å². The van der Waals surface area contributed by atoms with Crippen LogP contribution in [0.15, 0.2) is 48.6 Å². The molecule has 0 radical (unpaired) electrons. The van der Waals surface area contributed by atoms with Crippen LogP contribution in [0.5, 0.6) is 0 Å². The summed E-state index contributed by atoms with van der Waals surface area (Å²) >= 11 is 0. The minimum atomic E-state index is -0.784. The van der Waals surface area contributed by atoms with Crippen molar-refractivity contribution in [1.29, 1.82) is 0 Å². The minimum Gasteiger partial charge on any atom is -0.462 e. The van der Waals surface area contributed by atoms with Crippen LogP contribution in [0.4, 0.5) is 0 Å². The Hall–Kier alpha value is -2.63. The first-order valence-electron chi connectivity index (χ1n) is 28.1. The lowest BCUT2D eigenvalue weighted by Gasteiger charge is -2.18. The Balaban J connectivity index is 4.39. The normalized spacial score (nSPS) is 12.4. The van der Waals surface area contributed by atoms with E-state index < -0.39 is 6.10 Å². The number of carbonyl (C=O) groups excluding carboxylic acids is 3. The monoisotopic (exact) mass is 911 g/mol. The second-order valence-electron chi connectivity index (χ2n) is 18.8. The molecule has 0 aliphatic carbocycles. The van der Waals surface area contributed by atoms with Gasteiger partial charge in [-0.15, -0.1) is 0 Å². The number of carbonyl (C=O) groups is 3. The maximum absolute atomic E-state index is 12.8. The second kappa shape index (κ2) is 54.0. The van der Waals surface area contributed by atoms with Crippen LogP contribution >= 0.6 is 0 Å². The van der Waals surface area contributed by atoms with E-state index in [4.69, 9.17) is 14.2 Å². The molecule has 0 spiro atoms. The van der Waals surface area contributed by atoms with E-state index in [0.717, 1.165) is 89.9 Å². The molecule has 0 aromatic carbocycles. The largest absolute Gasteiger partial charge is 0.462 e. The molecular formula is C59H106O6. The lowest BCUT2D eigenvalue weighted by Crippen LogP contribution is -2.30. The number of esters is 3. The summed E-state index contributed by atoms with van der Waals surface area (Å²) in [5.74, 6) is -0.896. The minimum absolute atomic E-state index is 0.0809. The quantitative estimate of drug-likeness (QED) is 0.0262. The summed E-state index contributed by atoms with van der Waals surface area (Å²) in [6.07, 6.45) is 65.2. The molecule has 0 aromatic rings. The predicted octanol–water partition coefficient (Wildman–Crippen LogP) is 18.7. The predicted molar refractivity (Wildman–Crippen MR) is 279 cm³/mol. The molecule has 0 aliphatic rings. The molecule has 0 heterocycles. The fraction of sp³-hybridized carbons (Fsp3) is 0.814. The highest BCUT2D eigenvalue weighted by molar-refractivity contribution is 5.71. The van der Waals surface area contributed by atoms with Crippen molar-refractivity contribution in [3.63, 3.8) is 0 Å². The van der Waals surface area contributed by atoms with Crippen LogP contribution in [0.3, 0.4) is 0 Å². The third-order valence-corrected chi connectivity index (χ3v) is 12.2. The molecule has 0 aromatic heterocycles. The van der Waals surface area contributed by atoms with Gasteiger partial charge in [0.15, 0.2) is 6.10 Å². The van der Waals surface area contributed by atoms with E-state index in [-0.39, 0.29) is 31.1 Å². The van der Waals surface area contributed by atoms with Crippen molar-refractivity contribution >= 4 is 17.9 Å². The van der Waals surface area contributed by atoms with E-state index >= 15 is 0 Å². The maximum Gasteiger partial charge on any atom is 0.306 e. The molecule has 1 atom stereocenters. The molecule has 0 saturated carbocycles. The molecule has 6 heteroatoms. The van der Waals surface area contributed by atoms with E-state index in [2.05, 4.69) is 69.4 Å². The van der Waals surface area contributed by atoms with E-state index in [0.29, 0.717) is 19.3 Å². The zero-order chi connectivity index (χ0) is 47.2. The van der Waals surface area contributed by atoms with Gasteiger partial charge in [-0.25, -0.2) is 0 Å². The summed E-state index contributed by atoms with van der Waals surface area (Å²) in [6.45, 7) is 6.57. The second-order valence-corrected chi connectivity index (χ2v) is 18.8. The van der Waals surface area contributed by atoms with Gasteiger partial charge >= 0.3 is 17.9 Å². The summed E-state index contributed by atoms with van der Waals surface area (Å²) in [5.41, 5.74) is 0. The summed E-state index contributed by atoms with van der Waals surface area (Å²) in [6, 6.07) is 0. The lowest BCUT2D eigenvalue weighted by atomic mass is 10.0. The van der Waals surface area contributed by atoms with Crippen molar-refractivity contribution in [2.75, 3.05) is 13.2 Å². The van der Waals surface area contributed by atoms with Gasteiger partial charge in [-0.2, -0.15) is 0 Å². The number of hydrogen-bond donors (Lipinski definition) is 0. The first-order chi connectivity index (χ1) is 32.0. The zero-order valence-corrected chi connectivity index (χ0v) is 43.3. The highest BCUT2D eigenvalue weighted by atomic mass is 16.6. The van der Waals surface area contributed by atoms with E-state index in [1.165, 1.54) is 161 Å².